The van der Waals surface area contributed by atoms with Crippen molar-refractivity contribution >= 4 is 50.7 Å². The SMILES string of the molecule is C[C@@H]1CN(C(=O)c2ccsc2NC(=O)c2ccccc2Cl)C[C@H](C)N1Cc1cn(Cc2cccc3cccnc23)nn1. The third kappa shape index (κ3) is 5.78. The van der Waals surface area contributed by atoms with Gasteiger partial charge in [0.05, 0.1) is 40.1 Å². The molecular weight excluding hydrogens is 570 g/mol. The quantitative estimate of drug-likeness (QED) is 0.262. The Morgan fingerprint density at radius 2 is 1.76 bits per heavy atom. The van der Waals surface area contributed by atoms with E-state index in [4.69, 9.17) is 11.6 Å². The molecule has 1 N–H and O–H groups in total. The van der Waals surface area contributed by atoms with Crippen LogP contribution in [0.5, 0.6) is 0 Å². The molecule has 1 saturated heterocycles. The summed E-state index contributed by atoms with van der Waals surface area (Å²) in [5.74, 6) is -0.438. The molecule has 42 heavy (non-hydrogen) atoms. The van der Waals surface area contributed by atoms with Crippen LogP contribution in [-0.4, -0.2) is 66.8 Å². The third-order valence-corrected chi connectivity index (χ3v) is 8.77. The molecule has 1 aliphatic rings. The number of anilines is 1. The number of aromatic nitrogens is 4. The standard InChI is InChI=1S/C31H30ClN7O2S/c1-20-15-37(31(41)26-12-14-42-30(26)34-29(40)25-10-3-4-11-27(25)32)16-21(2)39(20)19-24-18-38(36-35-24)17-23-8-5-7-22-9-6-13-33-28(22)23/h3-14,18,20-21H,15-17,19H2,1-2H3,(H,34,40)/t20-,21+. The molecule has 6 rings (SSSR count). The minimum atomic E-state index is -0.339. The summed E-state index contributed by atoms with van der Waals surface area (Å²) in [6.07, 6.45) is 3.79. The molecule has 214 valence electrons. The molecule has 0 radical (unpaired) electrons. The van der Waals surface area contributed by atoms with Crippen LogP contribution in [0.1, 0.15) is 45.8 Å². The highest BCUT2D eigenvalue weighted by Crippen LogP contribution is 2.28. The van der Waals surface area contributed by atoms with Gasteiger partial charge in [0.2, 0.25) is 0 Å². The van der Waals surface area contributed by atoms with Crippen LogP contribution in [0.15, 0.2) is 78.4 Å². The van der Waals surface area contributed by atoms with Crippen LogP contribution < -0.4 is 5.32 Å². The summed E-state index contributed by atoms with van der Waals surface area (Å²) >= 11 is 7.52. The third-order valence-electron chi connectivity index (χ3n) is 7.61. The van der Waals surface area contributed by atoms with Gasteiger partial charge in [-0.05, 0) is 49.1 Å². The first-order valence-corrected chi connectivity index (χ1v) is 15.0. The van der Waals surface area contributed by atoms with Crippen LogP contribution >= 0.6 is 22.9 Å². The van der Waals surface area contributed by atoms with Crippen LogP contribution in [-0.2, 0) is 13.1 Å². The van der Waals surface area contributed by atoms with E-state index in [-0.39, 0.29) is 23.9 Å². The highest BCUT2D eigenvalue weighted by atomic mass is 35.5. The monoisotopic (exact) mass is 599 g/mol. The highest BCUT2D eigenvalue weighted by molar-refractivity contribution is 7.14. The number of carbonyl (C=O) groups excluding carboxylic acids is 2. The van der Waals surface area contributed by atoms with Crippen molar-refractivity contribution in [1.82, 2.24) is 29.8 Å². The van der Waals surface area contributed by atoms with Crippen molar-refractivity contribution in [1.29, 1.82) is 0 Å². The second-order valence-electron chi connectivity index (χ2n) is 10.6. The van der Waals surface area contributed by atoms with E-state index in [0.29, 0.717) is 47.3 Å². The number of benzene rings is 2. The second-order valence-corrected chi connectivity index (χ2v) is 11.9. The molecule has 3 aromatic heterocycles. The number of thiophene rings is 1. The lowest BCUT2D eigenvalue weighted by molar-refractivity contribution is 0.0265. The topological polar surface area (TPSA) is 96.2 Å². The van der Waals surface area contributed by atoms with Crippen molar-refractivity contribution in [3.8, 4) is 0 Å². The van der Waals surface area contributed by atoms with E-state index in [9.17, 15) is 9.59 Å². The van der Waals surface area contributed by atoms with Gasteiger partial charge in [0, 0.05) is 43.3 Å². The van der Waals surface area contributed by atoms with Crippen molar-refractivity contribution in [3.05, 3.63) is 106 Å². The Balaban J connectivity index is 1.10. The second kappa shape index (κ2) is 12.0. The zero-order valence-electron chi connectivity index (χ0n) is 23.3. The molecule has 2 atom stereocenters. The number of amides is 2. The number of halogens is 1. The summed E-state index contributed by atoms with van der Waals surface area (Å²) in [4.78, 5) is 35.2. The molecule has 2 amide bonds. The fourth-order valence-electron chi connectivity index (χ4n) is 5.54. The first-order valence-electron chi connectivity index (χ1n) is 13.8. The molecular formula is C31H30ClN7O2S. The smallest absolute Gasteiger partial charge is 0.257 e. The molecule has 9 nitrogen and oxygen atoms in total. The van der Waals surface area contributed by atoms with Crippen molar-refractivity contribution in [2.45, 2.75) is 39.0 Å². The normalized spacial score (nSPS) is 17.5. The number of hydrogen-bond acceptors (Lipinski definition) is 7. The van der Waals surface area contributed by atoms with E-state index in [0.717, 1.165) is 22.2 Å². The summed E-state index contributed by atoms with van der Waals surface area (Å²) < 4.78 is 1.85. The maximum Gasteiger partial charge on any atom is 0.257 e. The largest absolute Gasteiger partial charge is 0.335 e. The summed E-state index contributed by atoms with van der Waals surface area (Å²) in [5, 5.41) is 15.5. The summed E-state index contributed by atoms with van der Waals surface area (Å²) in [5.41, 5.74) is 3.79. The summed E-state index contributed by atoms with van der Waals surface area (Å²) in [7, 11) is 0. The molecule has 0 aliphatic carbocycles. The van der Waals surface area contributed by atoms with Gasteiger partial charge in [0.15, 0.2) is 0 Å². The number of carbonyl (C=O) groups is 2. The molecule has 0 spiro atoms. The van der Waals surface area contributed by atoms with E-state index >= 15 is 0 Å². The minimum absolute atomic E-state index is 0.0984. The molecule has 0 bridgehead atoms. The molecule has 2 aromatic carbocycles. The fraction of sp³-hybridized carbons (Fsp3) is 0.258. The molecule has 1 fully saturated rings. The molecule has 1 aliphatic heterocycles. The Bertz CT molecular complexity index is 1730. The van der Waals surface area contributed by atoms with Crippen molar-refractivity contribution < 1.29 is 9.59 Å². The van der Waals surface area contributed by atoms with E-state index in [2.05, 4.69) is 57.6 Å². The molecule has 11 heteroatoms. The Kier molecular flexibility index (Phi) is 8.01. The van der Waals surface area contributed by atoms with Crippen LogP contribution in [0, 0.1) is 0 Å². The van der Waals surface area contributed by atoms with Crippen LogP contribution in [0.3, 0.4) is 0 Å². The maximum atomic E-state index is 13.6. The number of fused-ring (bicyclic) bond motifs is 1. The number of para-hydroxylation sites is 1. The Labute approximate surface area is 252 Å². The van der Waals surface area contributed by atoms with Crippen LogP contribution in [0.2, 0.25) is 5.02 Å². The van der Waals surface area contributed by atoms with Gasteiger partial charge in [0.1, 0.15) is 5.00 Å². The van der Waals surface area contributed by atoms with Gasteiger partial charge in [-0.3, -0.25) is 19.5 Å². The van der Waals surface area contributed by atoms with Crippen molar-refractivity contribution in [3.63, 3.8) is 0 Å². The molecule has 0 unspecified atom stereocenters. The van der Waals surface area contributed by atoms with Gasteiger partial charge in [-0.25, -0.2) is 4.68 Å². The number of nitrogens with one attached hydrogen (secondary N) is 1. The van der Waals surface area contributed by atoms with Gasteiger partial charge in [-0.1, -0.05) is 53.2 Å². The fourth-order valence-corrected chi connectivity index (χ4v) is 6.54. The molecule has 0 saturated carbocycles. The van der Waals surface area contributed by atoms with Crippen LogP contribution in [0.4, 0.5) is 5.00 Å². The van der Waals surface area contributed by atoms with Gasteiger partial charge in [-0.2, -0.15) is 0 Å². The van der Waals surface area contributed by atoms with E-state index in [1.807, 2.05) is 39.5 Å². The number of nitrogens with zero attached hydrogens (tertiary/aromatic N) is 6. The Hall–Kier alpha value is -4.12. The lowest BCUT2D eigenvalue weighted by Gasteiger charge is -2.44. The zero-order valence-corrected chi connectivity index (χ0v) is 24.8. The highest BCUT2D eigenvalue weighted by Gasteiger charge is 2.33. The van der Waals surface area contributed by atoms with Crippen molar-refractivity contribution in [2.24, 2.45) is 0 Å². The van der Waals surface area contributed by atoms with Crippen molar-refractivity contribution in [2.75, 3.05) is 18.4 Å². The average Bonchev–Trinajstić information content (AvgIpc) is 3.64. The van der Waals surface area contributed by atoms with Gasteiger partial charge >= 0.3 is 0 Å². The van der Waals surface area contributed by atoms with E-state index < -0.39 is 0 Å². The van der Waals surface area contributed by atoms with Gasteiger partial charge in [0.25, 0.3) is 11.8 Å². The van der Waals surface area contributed by atoms with Gasteiger partial charge in [-0.15, -0.1) is 16.4 Å². The van der Waals surface area contributed by atoms with Crippen LogP contribution in [0.25, 0.3) is 10.9 Å². The lowest BCUT2D eigenvalue weighted by atomic mass is 10.1. The summed E-state index contributed by atoms with van der Waals surface area (Å²) in [6.45, 7) is 6.59. The first kappa shape index (κ1) is 28.0. The Morgan fingerprint density at radius 1 is 0.976 bits per heavy atom. The number of piperazine rings is 1. The minimum Gasteiger partial charge on any atom is -0.335 e. The average molecular weight is 600 g/mol. The maximum absolute atomic E-state index is 13.6. The molecule has 4 heterocycles. The van der Waals surface area contributed by atoms with E-state index in [1.54, 1.807) is 30.3 Å². The Morgan fingerprint density at radius 3 is 2.57 bits per heavy atom. The predicted molar refractivity (Wildman–Crippen MR) is 165 cm³/mol. The lowest BCUT2D eigenvalue weighted by Crippen LogP contribution is -2.57. The zero-order chi connectivity index (χ0) is 29.2. The van der Waals surface area contributed by atoms with Gasteiger partial charge < -0.3 is 10.2 Å². The predicted octanol–water partition coefficient (Wildman–Crippen LogP) is 5.58. The number of rotatable bonds is 7. The number of pyridine rings is 1. The summed E-state index contributed by atoms with van der Waals surface area (Å²) in [6, 6.07) is 19.0. The number of hydrogen-bond donors (Lipinski definition) is 1. The molecule has 5 aromatic rings. The van der Waals surface area contributed by atoms with E-state index in [1.165, 1.54) is 11.3 Å². The first-order chi connectivity index (χ1) is 20.4.